The minimum absolute atomic E-state index is 0.132. The van der Waals surface area contributed by atoms with Gasteiger partial charge >= 0.3 is 0 Å². The summed E-state index contributed by atoms with van der Waals surface area (Å²) in [6.45, 7) is 0. The lowest BCUT2D eigenvalue weighted by Gasteiger charge is -2.59. The molecule has 1 aromatic carbocycles. The third-order valence-electron chi connectivity index (χ3n) is 5.57. The van der Waals surface area contributed by atoms with Crippen molar-refractivity contribution in [3.05, 3.63) is 30.1 Å². The third-order valence-corrected chi connectivity index (χ3v) is 6.50. The van der Waals surface area contributed by atoms with E-state index in [2.05, 4.69) is 21.2 Å². The number of hydrogen-bond donors (Lipinski definition) is 1. The van der Waals surface area contributed by atoms with Gasteiger partial charge in [0.05, 0.1) is 5.41 Å². The highest BCUT2D eigenvalue weighted by atomic mass is 79.9. The van der Waals surface area contributed by atoms with Crippen LogP contribution < -0.4 is 5.32 Å². The Morgan fingerprint density at radius 1 is 1.14 bits per heavy atom. The van der Waals surface area contributed by atoms with E-state index >= 15 is 0 Å². The molecule has 4 bridgehead atoms. The summed E-state index contributed by atoms with van der Waals surface area (Å²) in [7, 11) is 0. The number of rotatable bonds is 2. The van der Waals surface area contributed by atoms with Gasteiger partial charge < -0.3 is 5.32 Å². The molecule has 0 aromatic heterocycles. The molecule has 4 aliphatic rings. The molecule has 0 aliphatic heterocycles. The van der Waals surface area contributed by atoms with Gasteiger partial charge in [0, 0.05) is 10.0 Å². The Balaban J connectivity index is 1.57. The number of carbonyl (C=O) groups is 1. The molecule has 21 heavy (non-hydrogen) atoms. The van der Waals surface area contributed by atoms with Gasteiger partial charge in [-0.15, -0.1) is 0 Å². The van der Waals surface area contributed by atoms with E-state index in [4.69, 9.17) is 0 Å². The fourth-order valence-corrected chi connectivity index (χ4v) is 6.67. The van der Waals surface area contributed by atoms with Crippen molar-refractivity contribution in [2.75, 3.05) is 5.32 Å². The van der Waals surface area contributed by atoms with Crippen molar-refractivity contribution in [1.82, 2.24) is 0 Å². The van der Waals surface area contributed by atoms with Gasteiger partial charge in [-0.05, 0) is 74.6 Å². The van der Waals surface area contributed by atoms with Crippen LogP contribution in [0.4, 0.5) is 10.1 Å². The number of benzene rings is 1. The van der Waals surface area contributed by atoms with Crippen LogP contribution in [0.15, 0.2) is 24.3 Å². The molecule has 1 aromatic rings. The maximum Gasteiger partial charge on any atom is 0.230 e. The Labute approximate surface area is 132 Å². The van der Waals surface area contributed by atoms with Crippen molar-refractivity contribution in [1.29, 1.82) is 0 Å². The van der Waals surface area contributed by atoms with Gasteiger partial charge in [-0.3, -0.25) is 4.79 Å². The maximum atomic E-state index is 13.0. The fourth-order valence-electron chi connectivity index (χ4n) is 5.21. The standard InChI is InChI=1S/C17H19BrFNO/c18-17-8-11-5-12(9-17)7-16(6-11,10-17)15(21)20-14-3-1-13(19)2-4-14/h1-4,11-12H,5-10H2,(H,20,21)/t11-,12+,16?,17?. The number of hydrogen-bond acceptors (Lipinski definition) is 1. The summed E-state index contributed by atoms with van der Waals surface area (Å²) in [5.74, 6) is 1.23. The molecule has 5 rings (SSSR count). The molecular weight excluding hydrogens is 333 g/mol. The summed E-state index contributed by atoms with van der Waals surface area (Å²) >= 11 is 3.93. The summed E-state index contributed by atoms with van der Waals surface area (Å²) in [6, 6.07) is 6.05. The molecular formula is C17H19BrFNO. The van der Waals surface area contributed by atoms with Crippen LogP contribution in [0.5, 0.6) is 0 Å². The number of alkyl halides is 1. The summed E-state index contributed by atoms with van der Waals surface area (Å²) < 4.78 is 13.1. The predicted molar refractivity (Wildman–Crippen MR) is 83.8 cm³/mol. The molecule has 4 aliphatic carbocycles. The van der Waals surface area contributed by atoms with Crippen LogP contribution in [0.1, 0.15) is 38.5 Å². The Morgan fingerprint density at radius 2 is 1.76 bits per heavy atom. The number of amides is 1. The van der Waals surface area contributed by atoms with Gasteiger partial charge in [-0.25, -0.2) is 4.39 Å². The van der Waals surface area contributed by atoms with Crippen molar-refractivity contribution in [3.8, 4) is 0 Å². The average molecular weight is 352 g/mol. The minimum atomic E-state index is -0.276. The highest BCUT2D eigenvalue weighted by Gasteiger charge is 2.59. The molecule has 0 spiro atoms. The van der Waals surface area contributed by atoms with E-state index in [0.717, 1.165) is 19.3 Å². The number of carbonyl (C=O) groups excluding carboxylic acids is 1. The lowest BCUT2D eigenvalue weighted by atomic mass is 9.49. The Kier molecular flexibility index (Phi) is 2.97. The van der Waals surface area contributed by atoms with Crippen LogP contribution in [0.3, 0.4) is 0 Å². The predicted octanol–water partition coefficient (Wildman–Crippen LogP) is 4.50. The van der Waals surface area contributed by atoms with Gasteiger partial charge in [0.15, 0.2) is 0 Å². The van der Waals surface area contributed by atoms with Crippen LogP contribution in [0.25, 0.3) is 0 Å². The summed E-state index contributed by atoms with van der Waals surface area (Å²) in [5, 5.41) is 3.02. The molecule has 4 saturated carbocycles. The highest BCUT2D eigenvalue weighted by Crippen LogP contribution is 2.64. The van der Waals surface area contributed by atoms with E-state index < -0.39 is 0 Å². The van der Waals surface area contributed by atoms with Crippen LogP contribution in [0, 0.1) is 23.1 Å². The zero-order valence-electron chi connectivity index (χ0n) is 11.9. The highest BCUT2D eigenvalue weighted by molar-refractivity contribution is 9.10. The molecule has 0 saturated heterocycles. The first kappa shape index (κ1) is 13.7. The zero-order chi connectivity index (χ0) is 14.7. The lowest BCUT2D eigenvalue weighted by molar-refractivity contribution is -0.138. The van der Waals surface area contributed by atoms with E-state index in [1.807, 2.05) is 0 Å². The molecule has 2 nitrogen and oxygen atoms in total. The van der Waals surface area contributed by atoms with Gasteiger partial charge in [-0.2, -0.15) is 0 Å². The second-order valence-electron chi connectivity index (χ2n) is 7.35. The molecule has 4 heteroatoms. The topological polar surface area (TPSA) is 29.1 Å². The summed E-state index contributed by atoms with van der Waals surface area (Å²) in [6.07, 6.45) is 6.71. The van der Waals surface area contributed by atoms with Gasteiger partial charge in [0.1, 0.15) is 5.82 Å². The van der Waals surface area contributed by atoms with E-state index in [-0.39, 0.29) is 21.5 Å². The second kappa shape index (κ2) is 4.55. The Morgan fingerprint density at radius 3 is 2.33 bits per heavy atom. The zero-order valence-corrected chi connectivity index (χ0v) is 13.5. The smallest absolute Gasteiger partial charge is 0.230 e. The molecule has 112 valence electrons. The molecule has 1 amide bonds. The first-order valence-electron chi connectivity index (χ1n) is 7.72. The van der Waals surface area contributed by atoms with Gasteiger partial charge in [0.2, 0.25) is 5.91 Å². The number of nitrogens with one attached hydrogen (secondary N) is 1. The first-order valence-corrected chi connectivity index (χ1v) is 8.52. The normalized spacial score (nSPS) is 40.3. The summed E-state index contributed by atoms with van der Waals surface area (Å²) in [5.41, 5.74) is 0.475. The molecule has 0 heterocycles. The second-order valence-corrected chi connectivity index (χ2v) is 9.04. The fraction of sp³-hybridized carbons (Fsp3) is 0.588. The largest absolute Gasteiger partial charge is 0.326 e. The van der Waals surface area contributed by atoms with Crippen LogP contribution in [-0.4, -0.2) is 10.2 Å². The van der Waals surface area contributed by atoms with Crippen molar-refractivity contribution in [3.63, 3.8) is 0 Å². The molecule has 4 atom stereocenters. The van der Waals surface area contributed by atoms with E-state index in [0.29, 0.717) is 17.5 Å². The number of anilines is 1. The molecule has 1 N–H and O–H groups in total. The van der Waals surface area contributed by atoms with Gasteiger partial charge in [-0.1, -0.05) is 15.9 Å². The van der Waals surface area contributed by atoms with Crippen molar-refractivity contribution in [2.24, 2.45) is 17.3 Å². The van der Waals surface area contributed by atoms with E-state index in [1.165, 1.54) is 31.4 Å². The van der Waals surface area contributed by atoms with Crippen molar-refractivity contribution < 1.29 is 9.18 Å². The third kappa shape index (κ3) is 2.32. The van der Waals surface area contributed by atoms with Gasteiger partial charge in [0.25, 0.3) is 0 Å². The SMILES string of the molecule is O=C(Nc1ccc(F)cc1)C12C[C@@H]3C[C@@H](CC(Br)(C3)C1)C2. The first-order chi connectivity index (χ1) is 9.96. The van der Waals surface area contributed by atoms with E-state index in [1.54, 1.807) is 12.1 Å². The molecule has 0 radical (unpaired) electrons. The van der Waals surface area contributed by atoms with Crippen LogP contribution in [-0.2, 0) is 4.79 Å². The van der Waals surface area contributed by atoms with E-state index in [9.17, 15) is 9.18 Å². The molecule has 4 fully saturated rings. The Hall–Kier alpha value is -0.900. The summed E-state index contributed by atoms with van der Waals surface area (Å²) in [4.78, 5) is 12.9. The van der Waals surface area contributed by atoms with Crippen LogP contribution >= 0.6 is 15.9 Å². The van der Waals surface area contributed by atoms with Crippen molar-refractivity contribution >= 4 is 27.5 Å². The Bertz CT molecular complexity index is 571. The minimum Gasteiger partial charge on any atom is -0.326 e. The van der Waals surface area contributed by atoms with Crippen molar-refractivity contribution in [2.45, 2.75) is 42.8 Å². The number of halogens is 2. The molecule has 2 unspecified atom stereocenters. The average Bonchev–Trinajstić information content (AvgIpc) is 2.38. The lowest BCUT2D eigenvalue weighted by Crippen LogP contribution is -2.57. The van der Waals surface area contributed by atoms with Crippen LogP contribution in [0.2, 0.25) is 0 Å². The maximum absolute atomic E-state index is 13.0. The quantitative estimate of drug-likeness (QED) is 0.781. The monoisotopic (exact) mass is 351 g/mol.